The number of hydrogen-bond donors (Lipinski definition) is 3. The number of hydrazine groups is 1. The van der Waals surface area contributed by atoms with Crippen LogP contribution in [0.3, 0.4) is 0 Å². The van der Waals surface area contributed by atoms with Crippen molar-refractivity contribution in [3.05, 3.63) is 34.8 Å². The quantitative estimate of drug-likeness (QED) is 0.393. The zero-order chi connectivity index (χ0) is 9.84. The Labute approximate surface area is 84.3 Å². The largest absolute Gasteiger partial charge is 0.402 e. The maximum absolute atomic E-state index is 5.59. The van der Waals surface area contributed by atoms with Crippen molar-refractivity contribution >= 4 is 21.7 Å². The van der Waals surface area contributed by atoms with E-state index in [2.05, 4.69) is 20.9 Å². The molecule has 0 aromatic carbocycles. The average molecular weight is 244 g/mol. The monoisotopic (exact) mass is 243 g/mol. The number of rotatable bonds is 2. The molecule has 13 heavy (non-hydrogen) atoms. The Morgan fingerprint density at radius 1 is 1.54 bits per heavy atom. The number of nitrogens with two attached hydrogens (primary N) is 3. The lowest BCUT2D eigenvalue weighted by Gasteiger charge is -2.16. The van der Waals surface area contributed by atoms with Gasteiger partial charge in [0.05, 0.1) is 0 Å². The van der Waals surface area contributed by atoms with Gasteiger partial charge in [-0.25, -0.2) is 15.8 Å². The highest BCUT2D eigenvalue weighted by Gasteiger charge is 2.04. The molecule has 0 radical (unpaired) electrons. The van der Waals surface area contributed by atoms with E-state index in [9.17, 15) is 0 Å². The molecule has 6 heteroatoms. The lowest BCUT2D eigenvalue weighted by Crippen LogP contribution is -2.35. The second-order valence-electron chi connectivity index (χ2n) is 2.28. The van der Waals surface area contributed by atoms with E-state index in [0.717, 1.165) is 0 Å². The van der Waals surface area contributed by atoms with Gasteiger partial charge >= 0.3 is 0 Å². The Hall–Kier alpha value is -1.27. The Balaban J connectivity index is 2.95. The molecule has 0 unspecified atom stereocenters. The molecule has 0 bridgehead atoms. The van der Waals surface area contributed by atoms with Crippen molar-refractivity contribution in [2.24, 2.45) is 17.3 Å². The van der Waals surface area contributed by atoms with Crippen molar-refractivity contribution in [1.82, 2.24) is 4.98 Å². The number of nitrogens with zero attached hydrogens (tertiary/aromatic N) is 2. The van der Waals surface area contributed by atoms with Crippen molar-refractivity contribution < 1.29 is 0 Å². The van der Waals surface area contributed by atoms with Crippen LogP contribution in [-0.4, -0.2) is 4.98 Å². The van der Waals surface area contributed by atoms with Crippen molar-refractivity contribution in [1.29, 1.82) is 0 Å². The van der Waals surface area contributed by atoms with E-state index in [0.29, 0.717) is 10.4 Å². The first kappa shape index (κ1) is 9.82. The highest BCUT2D eigenvalue weighted by atomic mass is 79.9. The van der Waals surface area contributed by atoms with Crippen LogP contribution in [-0.2, 0) is 0 Å². The van der Waals surface area contributed by atoms with Crippen LogP contribution in [0.5, 0.6) is 0 Å². The summed E-state index contributed by atoms with van der Waals surface area (Å²) in [5.74, 6) is 6.36. The first-order valence-corrected chi connectivity index (χ1v) is 4.29. The summed E-state index contributed by atoms with van der Waals surface area (Å²) in [5, 5.41) is 1.20. The molecule has 5 nitrogen and oxygen atoms in total. The number of pyridine rings is 1. The lowest BCUT2D eigenvalue weighted by atomic mass is 10.4. The third kappa shape index (κ3) is 2.33. The summed E-state index contributed by atoms with van der Waals surface area (Å²) < 4.78 is 0.685. The van der Waals surface area contributed by atoms with E-state index in [-0.39, 0.29) is 5.82 Å². The smallest absolute Gasteiger partial charge is 0.149 e. The first-order chi connectivity index (χ1) is 6.15. The normalized spacial score (nSPS) is 11.4. The fourth-order valence-corrected chi connectivity index (χ4v) is 1.08. The van der Waals surface area contributed by atoms with E-state index in [1.165, 1.54) is 11.2 Å². The van der Waals surface area contributed by atoms with Crippen molar-refractivity contribution in [2.45, 2.75) is 0 Å². The summed E-state index contributed by atoms with van der Waals surface area (Å²) in [6, 6.07) is 5.32. The molecule has 0 aliphatic rings. The van der Waals surface area contributed by atoms with Crippen LogP contribution in [0.1, 0.15) is 0 Å². The van der Waals surface area contributed by atoms with E-state index < -0.39 is 0 Å². The Morgan fingerprint density at radius 2 is 2.23 bits per heavy atom. The van der Waals surface area contributed by atoms with Crippen molar-refractivity contribution in [3.8, 4) is 0 Å². The van der Waals surface area contributed by atoms with Crippen LogP contribution >= 0.6 is 15.9 Å². The van der Waals surface area contributed by atoms with Crippen LogP contribution in [0.15, 0.2) is 34.8 Å². The van der Waals surface area contributed by atoms with Gasteiger partial charge in [0.1, 0.15) is 16.2 Å². The molecule has 6 N–H and O–H groups in total. The highest BCUT2D eigenvalue weighted by Crippen LogP contribution is 2.13. The van der Waals surface area contributed by atoms with Gasteiger partial charge in [-0.15, -0.1) is 0 Å². The van der Waals surface area contributed by atoms with Crippen LogP contribution in [0, 0.1) is 0 Å². The van der Waals surface area contributed by atoms with E-state index in [1.807, 2.05) is 0 Å². The van der Waals surface area contributed by atoms with Gasteiger partial charge < -0.3 is 11.5 Å². The fraction of sp³-hybridized carbons (Fsp3) is 0. The first-order valence-electron chi connectivity index (χ1n) is 3.50. The van der Waals surface area contributed by atoms with Gasteiger partial charge in [-0.2, -0.15) is 0 Å². The molecule has 0 saturated carbocycles. The van der Waals surface area contributed by atoms with Crippen molar-refractivity contribution in [3.63, 3.8) is 0 Å². The predicted molar refractivity (Wildman–Crippen MR) is 55.1 cm³/mol. The Bertz CT molecular complexity index is 324. The molecule has 1 rings (SSSR count). The number of anilines is 1. The molecule has 0 aliphatic heterocycles. The molecule has 0 aliphatic carbocycles. The number of halogens is 1. The fourth-order valence-electron chi connectivity index (χ4n) is 0.744. The predicted octanol–water partition coefficient (Wildman–Crippen LogP) is 0.241. The molecular weight excluding hydrogens is 234 g/mol. The third-order valence-corrected chi connectivity index (χ3v) is 1.84. The molecule has 1 aromatic heterocycles. The van der Waals surface area contributed by atoms with Gasteiger partial charge in [0.15, 0.2) is 0 Å². The summed E-state index contributed by atoms with van der Waals surface area (Å²) in [5.41, 5.74) is 10.7. The highest BCUT2D eigenvalue weighted by molar-refractivity contribution is 9.10. The molecule has 0 spiro atoms. The van der Waals surface area contributed by atoms with Crippen LogP contribution in [0.2, 0.25) is 0 Å². The average Bonchev–Trinajstić information content (AvgIpc) is 2.15. The van der Waals surface area contributed by atoms with Gasteiger partial charge in [-0.05, 0) is 28.1 Å². The lowest BCUT2D eigenvalue weighted by molar-refractivity contribution is 0.934. The molecule has 0 saturated heterocycles. The minimum absolute atomic E-state index is 0.241. The molecular formula is C7H10BrN5. The summed E-state index contributed by atoms with van der Waals surface area (Å²) in [7, 11) is 0. The zero-order valence-electron chi connectivity index (χ0n) is 6.81. The van der Waals surface area contributed by atoms with Crippen LogP contribution in [0.4, 0.5) is 5.82 Å². The standard InChI is InChI=1S/C7H10BrN5/c8-5-2-1-3-7(12-5)13(11)6(10)4-9/h1-4H,9-11H2/b6-4-. The summed E-state index contributed by atoms with van der Waals surface area (Å²) >= 11 is 3.22. The van der Waals surface area contributed by atoms with E-state index in [4.69, 9.17) is 17.3 Å². The van der Waals surface area contributed by atoms with Crippen LogP contribution in [0.25, 0.3) is 0 Å². The molecule has 0 atom stereocenters. The molecule has 1 heterocycles. The minimum Gasteiger partial charge on any atom is -0.402 e. The maximum Gasteiger partial charge on any atom is 0.149 e. The second kappa shape index (κ2) is 4.11. The van der Waals surface area contributed by atoms with Crippen molar-refractivity contribution in [2.75, 3.05) is 5.01 Å². The molecule has 70 valence electrons. The zero-order valence-corrected chi connectivity index (χ0v) is 8.40. The van der Waals surface area contributed by atoms with Crippen LogP contribution < -0.4 is 22.3 Å². The van der Waals surface area contributed by atoms with Gasteiger partial charge in [0.2, 0.25) is 0 Å². The summed E-state index contributed by atoms with van der Waals surface area (Å²) in [6.45, 7) is 0. The second-order valence-corrected chi connectivity index (χ2v) is 3.09. The van der Waals surface area contributed by atoms with Gasteiger partial charge in [-0.1, -0.05) is 6.07 Å². The Kier molecular flexibility index (Phi) is 3.10. The van der Waals surface area contributed by atoms with E-state index in [1.54, 1.807) is 18.2 Å². The summed E-state index contributed by atoms with van der Waals surface area (Å²) in [4.78, 5) is 4.08. The number of hydrogen-bond acceptors (Lipinski definition) is 5. The van der Waals surface area contributed by atoms with Gasteiger partial charge in [-0.3, -0.25) is 0 Å². The van der Waals surface area contributed by atoms with E-state index >= 15 is 0 Å². The minimum atomic E-state index is 0.241. The van der Waals surface area contributed by atoms with Gasteiger partial charge in [0.25, 0.3) is 0 Å². The molecule has 0 amide bonds. The SMILES string of the molecule is N/C=C(/N)N(N)c1cccc(Br)n1. The Morgan fingerprint density at radius 3 is 2.77 bits per heavy atom. The van der Waals surface area contributed by atoms with Gasteiger partial charge in [0, 0.05) is 6.20 Å². The third-order valence-electron chi connectivity index (χ3n) is 1.40. The number of aromatic nitrogens is 1. The topological polar surface area (TPSA) is 94.2 Å². The molecule has 0 fully saturated rings. The molecule has 1 aromatic rings. The summed E-state index contributed by atoms with van der Waals surface area (Å²) in [6.07, 6.45) is 1.21. The maximum atomic E-state index is 5.59.